The van der Waals surface area contributed by atoms with Crippen LogP contribution in [0.4, 0.5) is 0 Å². The largest absolute Gasteiger partial charge is 0.411 e. The molecule has 0 aliphatic rings. The third-order valence-corrected chi connectivity index (χ3v) is 6.55. The van der Waals surface area contributed by atoms with Crippen molar-refractivity contribution >= 4 is 33.3 Å². The summed E-state index contributed by atoms with van der Waals surface area (Å²) in [5, 5.41) is 9.28. The van der Waals surface area contributed by atoms with Gasteiger partial charge in [0, 0.05) is 10.4 Å². The van der Waals surface area contributed by atoms with Crippen LogP contribution in [0.3, 0.4) is 0 Å². The Kier molecular flexibility index (Phi) is 4.61. The van der Waals surface area contributed by atoms with Crippen molar-refractivity contribution in [3.8, 4) is 11.5 Å². The van der Waals surface area contributed by atoms with Gasteiger partial charge in [-0.1, -0.05) is 30.0 Å². The van der Waals surface area contributed by atoms with E-state index in [1.54, 1.807) is 11.3 Å². The van der Waals surface area contributed by atoms with Crippen LogP contribution in [0, 0.1) is 20.8 Å². The molecule has 138 valence electrons. The number of nitrogens with one attached hydrogen (secondary N) is 1. The number of thiophene rings is 1. The van der Waals surface area contributed by atoms with Crippen molar-refractivity contribution in [2.75, 3.05) is 0 Å². The first kappa shape index (κ1) is 17.9. The van der Waals surface area contributed by atoms with Gasteiger partial charge in [0.15, 0.2) is 0 Å². The molecule has 0 fully saturated rings. The first-order chi connectivity index (χ1) is 12.9. The quantitative estimate of drug-likeness (QED) is 0.497. The molecule has 0 amide bonds. The Hall–Kier alpha value is -2.45. The van der Waals surface area contributed by atoms with E-state index in [2.05, 4.69) is 20.2 Å². The summed E-state index contributed by atoms with van der Waals surface area (Å²) in [7, 11) is 0. The number of aromatic nitrogens is 4. The minimum absolute atomic E-state index is 0.101. The lowest BCUT2D eigenvalue weighted by molar-refractivity contribution is 0.464. The van der Waals surface area contributed by atoms with Crippen molar-refractivity contribution < 1.29 is 4.42 Å². The fraction of sp³-hybridized carbons (Fsp3) is 0.263. The second-order valence-corrected chi connectivity index (χ2v) is 8.86. The normalized spacial score (nSPS) is 12.6. The molecule has 4 rings (SSSR count). The molecule has 0 aliphatic heterocycles. The average molecular weight is 399 g/mol. The van der Waals surface area contributed by atoms with Gasteiger partial charge in [0.05, 0.1) is 10.6 Å². The summed E-state index contributed by atoms with van der Waals surface area (Å²) >= 11 is 2.92. The second-order valence-electron chi connectivity index (χ2n) is 6.36. The third-order valence-electron chi connectivity index (χ3n) is 4.50. The number of aromatic amines is 1. The minimum atomic E-state index is -0.130. The van der Waals surface area contributed by atoms with Gasteiger partial charge in [-0.05, 0) is 44.9 Å². The molecule has 0 saturated carbocycles. The molecule has 1 aromatic carbocycles. The van der Waals surface area contributed by atoms with E-state index in [1.165, 1.54) is 11.8 Å². The number of hydrogen-bond donors (Lipinski definition) is 1. The van der Waals surface area contributed by atoms with Crippen LogP contribution < -0.4 is 5.56 Å². The van der Waals surface area contributed by atoms with Crippen LogP contribution in [0.5, 0.6) is 0 Å². The summed E-state index contributed by atoms with van der Waals surface area (Å²) in [6, 6.07) is 7.87. The maximum atomic E-state index is 12.5. The first-order valence-electron chi connectivity index (χ1n) is 8.50. The fourth-order valence-corrected chi connectivity index (χ4v) is 4.63. The highest BCUT2D eigenvalue weighted by Gasteiger charge is 2.19. The van der Waals surface area contributed by atoms with Crippen molar-refractivity contribution in [3.05, 3.63) is 56.4 Å². The Morgan fingerprint density at radius 2 is 1.96 bits per heavy atom. The number of aryl methyl sites for hydroxylation is 3. The molecule has 3 aromatic heterocycles. The summed E-state index contributed by atoms with van der Waals surface area (Å²) in [5.41, 5.74) is 2.89. The van der Waals surface area contributed by atoms with Gasteiger partial charge in [-0.2, -0.15) is 0 Å². The molecule has 0 spiro atoms. The zero-order chi connectivity index (χ0) is 19.1. The van der Waals surface area contributed by atoms with E-state index in [0.29, 0.717) is 22.3 Å². The van der Waals surface area contributed by atoms with Gasteiger partial charge in [-0.25, -0.2) is 4.98 Å². The Balaban J connectivity index is 1.62. The molecule has 0 bridgehead atoms. The lowest BCUT2D eigenvalue weighted by Crippen LogP contribution is -2.12. The molecule has 4 aromatic rings. The lowest BCUT2D eigenvalue weighted by Gasteiger charge is -2.07. The van der Waals surface area contributed by atoms with Gasteiger partial charge in [-0.15, -0.1) is 21.5 Å². The average Bonchev–Trinajstić information content (AvgIpc) is 3.20. The first-order valence-corrected chi connectivity index (χ1v) is 10.2. The molecule has 3 heterocycles. The monoisotopic (exact) mass is 398 g/mol. The highest BCUT2D eigenvalue weighted by molar-refractivity contribution is 7.99. The van der Waals surface area contributed by atoms with Crippen molar-refractivity contribution in [2.45, 2.75) is 38.2 Å². The molecule has 6 nitrogen and oxygen atoms in total. The summed E-state index contributed by atoms with van der Waals surface area (Å²) in [6.45, 7) is 7.92. The summed E-state index contributed by atoms with van der Waals surface area (Å²) < 4.78 is 5.81. The molecule has 0 saturated heterocycles. The van der Waals surface area contributed by atoms with E-state index in [-0.39, 0.29) is 10.8 Å². The van der Waals surface area contributed by atoms with Crippen LogP contribution in [-0.4, -0.2) is 20.2 Å². The smallest absolute Gasteiger partial charge is 0.277 e. The Bertz CT molecular complexity index is 1190. The number of thioether (sulfide) groups is 1. The van der Waals surface area contributed by atoms with E-state index in [4.69, 9.17) is 4.42 Å². The Labute approximate surface area is 164 Å². The van der Waals surface area contributed by atoms with E-state index >= 15 is 0 Å². The minimum Gasteiger partial charge on any atom is -0.411 e. The van der Waals surface area contributed by atoms with E-state index in [1.807, 2.05) is 52.0 Å². The molecule has 27 heavy (non-hydrogen) atoms. The van der Waals surface area contributed by atoms with Crippen LogP contribution in [0.25, 0.3) is 21.7 Å². The van der Waals surface area contributed by atoms with Crippen LogP contribution in [0.15, 0.2) is 38.7 Å². The van der Waals surface area contributed by atoms with Crippen LogP contribution in [0.2, 0.25) is 0 Å². The van der Waals surface area contributed by atoms with Gasteiger partial charge < -0.3 is 9.40 Å². The summed E-state index contributed by atoms with van der Waals surface area (Å²) in [4.78, 5) is 21.9. The highest BCUT2D eigenvalue weighted by Crippen LogP contribution is 2.35. The SMILES string of the molecule is Cc1ccccc1-c1nnc(S[C@H](C)c2nc3sc(C)c(C)c3c(=O)[nH]2)o1. The standard InChI is InChI=1S/C19H18N4O2S2/c1-9-7-5-6-8-13(9)17-22-23-19(25-17)27-12(4)15-20-16(24)14-10(2)11(3)26-18(14)21-15/h5-8,12H,1-4H3,(H,20,21,24)/t12-/m1/s1. The van der Waals surface area contributed by atoms with Crippen molar-refractivity contribution in [3.63, 3.8) is 0 Å². The number of hydrogen-bond acceptors (Lipinski definition) is 7. The second kappa shape index (κ2) is 6.94. The maximum absolute atomic E-state index is 12.5. The van der Waals surface area contributed by atoms with Gasteiger partial charge in [-0.3, -0.25) is 4.79 Å². The van der Waals surface area contributed by atoms with Crippen LogP contribution in [0.1, 0.15) is 34.0 Å². The predicted molar refractivity (Wildman–Crippen MR) is 108 cm³/mol. The Morgan fingerprint density at radius 1 is 1.19 bits per heavy atom. The number of fused-ring (bicyclic) bond motifs is 1. The number of benzene rings is 1. The van der Waals surface area contributed by atoms with Gasteiger partial charge in [0.25, 0.3) is 10.8 Å². The molecule has 0 aliphatic carbocycles. The summed E-state index contributed by atoms with van der Waals surface area (Å²) in [5.74, 6) is 1.10. The zero-order valence-electron chi connectivity index (χ0n) is 15.4. The topological polar surface area (TPSA) is 84.7 Å². The van der Waals surface area contributed by atoms with Crippen molar-refractivity contribution in [2.24, 2.45) is 0 Å². The van der Waals surface area contributed by atoms with E-state index in [0.717, 1.165) is 26.4 Å². The van der Waals surface area contributed by atoms with Crippen molar-refractivity contribution in [1.29, 1.82) is 0 Å². The lowest BCUT2D eigenvalue weighted by atomic mass is 10.1. The van der Waals surface area contributed by atoms with Crippen molar-refractivity contribution in [1.82, 2.24) is 20.2 Å². The zero-order valence-corrected chi connectivity index (χ0v) is 17.0. The molecule has 0 unspecified atom stereocenters. The van der Waals surface area contributed by atoms with Gasteiger partial charge in [0.2, 0.25) is 5.89 Å². The number of nitrogens with zero attached hydrogens (tertiary/aromatic N) is 3. The molecule has 1 N–H and O–H groups in total. The van der Waals surface area contributed by atoms with E-state index < -0.39 is 0 Å². The maximum Gasteiger partial charge on any atom is 0.277 e. The number of rotatable bonds is 4. The fourth-order valence-electron chi connectivity index (χ4n) is 2.85. The molecule has 0 radical (unpaired) electrons. The number of H-pyrrole nitrogens is 1. The van der Waals surface area contributed by atoms with Gasteiger partial charge >= 0.3 is 0 Å². The molecule has 1 atom stereocenters. The molecular weight excluding hydrogens is 380 g/mol. The molecular formula is C19H18N4O2S2. The van der Waals surface area contributed by atoms with Crippen LogP contribution >= 0.6 is 23.1 Å². The predicted octanol–water partition coefficient (Wildman–Crippen LogP) is 4.81. The Morgan fingerprint density at radius 3 is 2.74 bits per heavy atom. The van der Waals surface area contributed by atoms with Crippen LogP contribution in [-0.2, 0) is 0 Å². The van der Waals surface area contributed by atoms with Gasteiger partial charge in [0.1, 0.15) is 10.7 Å². The van der Waals surface area contributed by atoms with E-state index in [9.17, 15) is 4.79 Å². The third kappa shape index (κ3) is 3.30. The summed E-state index contributed by atoms with van der Waals surface area (Å²) in [6.07, 6.45) is 0. The highest BCUT2D eigenvalue weighted by atomic mass is 32.2. The molecule has 8 heteroatoms.